The first-order valence-corrected chi connectivity index (χ1v) is 10.3. The smallest absolute Gasteiger partial charge is 0.365 e. The lowest BCUT2D eigenvalue weighted by atomic mass is 9.95. The second-order valence-corrected chi connectivity index (χ2v) is 8.13. The molecule has 0 saturated carbocycles. The summed E-state index contributed by atoms with van der Waals surface area (Å²) >= 11 is 1.34. The number of hydrogen-bond donors (Lipinski definition) is 2. The summed E-state index contributed by atoms with van der Waals surface area (Å²) in [5, 5.41) is 18.3. The van der Waals surface area contributed by atoms with E-state index >= 15 is 0 Å². The summed E-state index contributed by atoms with van der Waals surface area (Å²) < 4.78 is 1.29. The summed E-state index contributed by atoms with van der Waals surface area (Å²) in [5.74, 6) is -1.59. The molecule has 0 saturated heterocycles. The predicted molar refractivity (Wildman–Crippen MR) is 112 cm³/mol. The van der Waals surface area contributed by atoms with E-state index in [4.69, 9.17) is 5.73 Å². The van der Waals surface area contributed by atoms with E-state index in [1.165, 1.54) is 16.0 Å². The maximum absolute atomic E-state index is 13.0. The zero-order valence-corrected chi connectivity index (χ0v) is 16.8. The third-order valence-corrected chi connectivity index (χ3v) is 6.21. The predicted octanol–water partition coefficient (Wildman–Crippen LogP) is 3.13. The molecule has 0 unspecified atom stereocenters. The molecule has 0 atom stereocenters. The molecule has 2 heterocycles. The van der Waals surface area contributed by atoms with Crippen LogP contribution >= 0.6 is 11.3 Å². The first-order valence-electron chi connectivity index (χ1n) is 9.46. The van der Waals surface area contributed by atoms with Crippen molar-refractivity contribution in [1.82, 2.24) is 9.78 Å². The molecule has 1 aliphatic carbocycles. The van der Waals surface area contributed by atoms with Crippen LogP contribution in [0.3, 0.4) is 0 Å². The average molecular weight is 425 g/mol. The van der Waals surface area contributed by atoms with Crippen LogP contribution < -0.4 is 11.1 Å². The van der Waals surface area contributed by atoms with Crippen LogP contribution in [0.15, 0.2) is 36.4 Å². The summed E-state index contributed by atoms with van der Waals surface area (Å²) in [7, 11) is 0. The van der Waals surface area contributed by atoms with Crippen LogP contribution in [0, 0.1) is 10.1 Å². The average Bonchev–Trinajstić information content (AvgIpc) is 3.30. The Morgan fingerprint density at radius 3 is 2.67 bits per heavy atom. The van der Waals surface area contributed by atoms with Crippen LogP contribution in [0.25, 0.3) is 0 Å². The number of primary amides is 1. The van der Waals surface area contributed by atoms with Crippen LogP contribution in [0.1, 0.15) is 49.7 Å². The van der Waals surface area contributed by atoms with Gasteiger partial charge >= 0.3 is 5.82 Å². The lowest BCUT2D eigenvalue weighted by molar-refractivity contribution is -0.389. The summed E-state index contributed by atoms with van der Waals surface area (Å²) in [6.07, 6.45) is 3.58. The maximum atomic E-state index is 13.0. The number of anilines is 1. The third-order valence-electron chi connectivity index (χ3n) is 5.01. The third kappa shape index (κ3) is 3.81. The van der Waals surface area contributed by atoms with Crippen LogP contribution in [0.4, 0.5) is 10.8 Å². The molecule has 3 N–H and O–H groups in total. The van der Waals surface area contributed by atoms with Crippen LogP contribution in [0.5, 0.6) is 0 Å². The van der Waals surface area contributed by atoms with Gasteiger partial charge in [0.2, 0.25) is 0 Å². The van der Waals surface area contributed by atoms with E-state index in [9.17, 15) is 19.7 Å². The Labute approximate surface area is 175 Å². The standard InChI is InChI=1S/C20H19N5O4S/c21-18(26)17-13-8-4-5-9-15(13)30-20(17)22-19(27)14-10-16(25(28)29)23-24(14)11-12-6-2-1-3-7-12/h1-3,6-7,10H,4-5,8-9,11H2,(H2,21,26)(H,22,27). The molecule has 0 spiro atoms. The van der Waals surface area contributed by atoms with Crippen molar-refractivity contribution in [3.05, 3.63) is 73.8 Å². The number of carbonyl (C=O) groups excluding carboxylic acids is 2. The number of fused-ring (bicyclic) bond motifs is 1. The van der Waals surface area contributed by atoms with E-state index in [0.29, 0.717) is 10.6 Å². The minimum Gasteiger partial charge on any atom is -0.365 e. The molecule has 3 aromatic rings. The highest BCUT2D eigenvalue weighted by atomic mass is 32.1. The Balaban J connectivity index is 1.68. The number of amides is 2. The number of thiophene rings is 1. The molecular formula is C20H19N5O4S. The van der Waals surface area contributed by atoms with Crippen molar-refractivity contribution in [2.45, 2.75) is 32.2 Å². The highest BCUT2D eigenvalue weighted by Crippen LogP contribution is 2.38. The fraction of sp³-hybridized carbons (Fsp3) is 0.250. The number of aromatic nitrogens is 2. The first-order chi connectivity index (χ1) is 14.4. The van der Waals surface area contributed by atoms with Gasteiger partial charge in [-0.05, 0) is 41.7 Å². The lowest BCUT2D eigenvalue weighted by Gasteiger charge is -2.11. The molecule has 10 heteroatoms. The van der Waals surface area contributed by atoms with E-state index in [2.05, 4.69) is 10.4 Å². The van der Waals surface area contributed by atoms with Crippen LogP contribution in [0.2, 0.25) is 0 Å². The number of carbonyl (C=O) groups is 2. The molecule has 154 valence electrons. The second-order valence-electron chi connectivity index (χ2n) is 7.02. The van der Waals surface area contributed by atoms with Gasteiger partial charge in [-0.3, -0.25) is 9.59 Å². The molecule has 2 aromatic heterocycles. The van der Waals surface area contributed by atoms with Crippen molar-refractivity contribution in [3.8, 4) is 0 Å². The SMILES string of the molecule is NC(=O)c1c(NC(=O)c2cc([N+](=O)[O-])nn2Cc2ccccc2)sc2c1CCCC2. The van der Waals surface area contributed by atoms with Crippen molar-refractivity contribution >= 4 is 34.0 Å². The maximum Gasteiger partial charge on any atom is 0.390 e. The number of aryl methyl sites for hydroxylation is 1. The molecule has 9 nitrogen and oxygen atoms in total. The summed E-state index contributed by atoms with van der Waals surface area (Å²) in [4.78, 5) is 36.7. The highest BCUT2D eigenvalue weighted by Gasteiger charge is 2.28. The minimum atomic E-state index is -0.642. The number of nitro groups is 1. The fourth-order valence-corrected chi connectivity index (χ4v) is 4.92. The Bertz CT molecular complexity index is 1140. The van der Waals surface area contributed by atoms with Gasteiger partial charge in [-0.2, -0.15) is 4.68 Å². The van der Waals surface area contributed by atoms with E-state index in [1.807, 2.05) is 30.3 Å². The van der Waals surface area contributed by atoms with Gasteiger partial charge in [0.25, 0.3) is 11.8 Å². The number of nitrogens with two attached hydrogens (primary N) is 1. The van der Waals surface area contributed by atoms with Gasteiger partial charge in [-0.15, -0.1) is 11.3 Å². The topological polar surface area (TPSA) is 133 Å². The summed E-state index contributed by atoms with van der Waals surface area (Å²) in [5.41, 5.74) is 7.70. The quantitative estimate of drug-likeness (QED) is 0.462. The Kier molecular flexibility index (Phi) is 5.32. The number of rotatable bonds is 6. The van der Waals surface area contributed by atoms with Crippen molar-refractivity contribution in [2.24, 2.45) is 5.73 Å². The summed E-state index contributed by atoms with van der Waals surface area (Å²) in [6.45, 7) is 0.195. The number of hydrogen-bond acceptors (Lipinski definition) is 6. The molecule has 0 aliphatic heterocycles. The van der Waals surface area contributed by atoms with E-state index in [1.54, 1.807) is 0 Å². The zero-order chi connectivity index (χ0) is 21.3. The Hall–Kier alpha value is -3.53. The number of nitrogens with zero attached hydrogens (tertiary/aromatic N) is 3. The van der Waals surface area contributed by atoms with Gasteiger partial charge in [0.15, 0.2) is 5.69 Å². The second kappa shape index (κ2) is 8.07. The molecule has 4 rings (SSSR count). The van der Waals surface area contributed by atoms with Gasteiger partial charge in [-0.25, -0.2) is 0 Å². The molecule has 1 aliphatic rings. The Morgan fingerprint density at radius 1 is 1.23 bits per heavy atom. The number of benzene rings is 1. The lowest BCUT2D eigenvalue weighted by Crippen LogP contribution is -2.21. The molecule has 1 aromatic carbocycles. The minimum absolute atomic E-state index is 0.0346. The van der Waals surface area contributed by atoms with Crippen molar-refractivity contribution in [2.75, 3.05) is 5.32 Å². The van der Waals surface area contributed by atoms with Crippen molar-refractivity contribution in [3.63, 3.8) is 0 Å². The van der Waals surface area contributed by atoms with Gasteiger partial charge in [0.05, 0.1) is 23.3 Å². The fourth-order valence-electron chi connectivity index (χ4n) is 3.63. The Morgan fingerprint density at radius 2 is 1.97 bits per heavy atom. The van der Waals surface area contributed by atoms with Gasteiger partial charge in [0, 0.05) is 4.88 Å². The first kappa shape index (κ1) is 19.8. The molecule has 0 radical (unpaired) electrons. The zero-order valence-electron chi connectivity index (χ0n) is 16.0. The van der Waals surface area contributed by atoms with Gasteiger partial charge in [-0.1, -0.05) is 30.3 Å². The van der Waals surface area contributed by atoms with Crippen molar-refractivity contribution < 1.29 is 14.5 Å². The van der Waals surface area contributed by atoms with E-state index in [0.717, 1.165) is 47.8 Å². The van der Waals surface area contributed by atoms with Gasteiger partial charge in [0.1, 0.15) is 5.00 Å². The molecule has 30 heavy (non-hydrogen) atoms. The highest BCUT2D eigenvalue weighted by molar-refractivity contribution is 7.17. The molecular weight excluding hydrogens is 406 g/mol. The number of nitrogens with one attached hydrogen (secondary N) is 1. The van der Waals surface area contributed by atoms with Crippen LogP contribution in [-0.4, -0.2) is 26.5 Å². The molecule has 0 bridgehead atoms. The van der Waals surface area contributed by atoms with E-state index in [-0.39, 0.29) is 12.2 Å². The van der Waals surface area contributed by atoms with Crippen LogP contribution in [-0.2, 0) is 19.4 Å². The molecule has 0 fully saturated rings. The van der Waals surface area contributed by atoms with Gasteiger partial charge < -0.3 is 21.2 Å². The monoisotopic (exact) mass is 425 g/mol. The largest absolute Gasteiger partial charge is 0.390 e. The summed E-state index contributed by atoms with van der Waals surface area (Å²) in [6, 6.07) is 10.3. The molecule has 2 amide bonds. The van der Waals surface area contributed by atoms with E-state index < -0.39 is 22.6 Å². The normalized spacial score (nSPS) is 12.9. The van der Waals surface area contributed by atoms with Crippen molar-refractivity contribution in [1.29, 1.82) is 0 Å².